The molecule has 1 saturated heterocycles. The van der Waals surface area contributed by atoms with Crippen LogP contribution in [0, 0.1) is 16.7 Å². The van der Waals surface area contributed by atoms with Gasteiger partial charge in [-0.1, -0.05) is 47.0 Å². The number of nitrogens with zero attached hydrogens (tertiary/aromatic N) is 2. The Morgan fingerprint density at radius 3 is 2.06 bits per heavy atom. The molecule has 1 heterocycles. The molecule has 3 fully saturated rings. The Kier molecular flexibility index (Phi) is 5.87. The van der Waals surface area contributed by atoms with Gasteiger partial charge >= 0.3 is 5.97 Å². The molecular formula is C26H34N2O5. The van der Waals surface area contributed by atoms with Crippen LogP contribution in [0.3, 0.4) is 0 Å². The van der Waals surface area contributed by atoms with Crippen LogP contribution in [0.4, 0.5) is 5.69 Å². The molecule has 0 aromatic heterocycles. The van der Waals surface area contributed by atoms with Crippen LogP contribution in [0.15, 0.2) is 24.3 Å². The van der Waals surface area contributed by atoms with Gasteiger partial charge in [0.15, 0.2) is 0 Å². The minimum atomic E-state index is -0.777. The van der Waals surface area contributed by atoms with Crippen molar-refractivity contribution in [2.24, 2.45) is 16.7 Å². The minimum Gasteiger partial charge on any atom is -0.465 e. The molecule has 1 unspecified atom stereocenters. The van der Waals surface area contributed by atoms with Gasteiger partial charge in [0.25, 0.3) is 5.91 Å². The maximum atomic E-state index is 13.9. The van der Waals surface area contributed by atoms with Gasteiger partial charge in [-0.05, 0) is 47.9 Å². The van der Waals surface area contributed by atoms with E-state index in [1.165, 1.54) is 19.2 Å². The van der Waals surface area contributed by atoms with Crippen LogP contribution in [-0.2, 0) is 19.1 Å². The summed E-state index contributed by atoms with van der Waals surface area (Å²) < 4.78 is 4.72. The van der Waals surface area contributed by atoms with E-state index in [9.17, 15) is 19.2 Å². The van der Waals surface area contributed by atoms with E-state index < -0.39 is 12.0 Å². The van der Waals surface area contributed by atoms with Gasteiger partial charge in [-0.25, -0.2) is 9.69 Å². The highest BCUT2D eigenvalue weighted by atomic mass is 16.5. The summed E-state index contributed by atoms with van der Waals surface area (Å²) in [5.74, 6) is -1.32. The van der Waals surface area contributed by atoms with E-state index in [1.54, 1.807) is 17.0 Å². The summed E-state index contributed by atoms with van der Waals surface area (Å²) in [5.41, 5.74) is 0.454. The predicted octanol–water partition coefficient (Wildman–Crippen LogP) is 3.95. The van der Waals surface area contributed by atoms with Gasteiger partial charge in [0, 0.05) is 12.0 Å². The molecule has 33 heavy (non-hydrogen) atoms. The van der Waals surface area contributed by atoms with Gasteiger partial charge in [-0.15, -0.1) is 0 Å². The van der Waals surface area contributed by atoms with Crippen LogP contribution in [0.2, 0.25) is 0 Å². The van der Waals surface area contributed by atoms with Gasteiger partial charge in [0.2, 0.25) is 11.8 Å². The van der Waals surface area contributed by atoms with E-state index in [4.69, 9.17) is 4.74 Å². The second kappa shape index (κ2) is 8.26. The lowest BCUT2D eigenvalue weighted by atomic mass is 9.92. The molecule has 2 saturated carbocycles. The number of hydrogen-bond acceptors (Lipinski definition) is 5. The lowest BCUT2D eigenvalue weighted by molar-refractivity contribution is -0.144. The largest absolute Gasteiger partial charge is 0.465 e. The lowest BCUT2D eigenvalue weighted by Crippen LogP contribution is -2.52. The third kappa shape index (κ3) is 3.75. The van der Waals surface area contributed by atoms with E-state index in [0.717, 1.165) is 37.0 Å². The molecule has 3 aliphatic rings. The molecule has 1 atom stereocenters. The van der Waals surface area contributed by atoms with Crippen LogP contribution >= 0.6 is 0 Å². The quantitative estimate of drug-likeness (QED) is 0.497. The third-order valence-corrected chi connectivity index (χ3v) is 8.50. The van der Waals surface area contributed by atoms with Crippen LogP contribution in [0.5, 0.6) is 0 Å². The minimum absolute atomic E-state index is 0.00550. The number of hydrogen-bond donors (Lipinski definition) is 0. The maximum Gasteiger partial charge on any atom is 0.337 e. The van der Waals surface area contributed by atoms with E-state index in [0.29, 0.717) is 11.3 Å². The fourth-order valence-corrected chi connectivity index (χ4v) is 5.88. The Morgan fingerprint density at radius 2 is 1.55 bits per heavy atom. The van der Waals surface area contributed by atoms with Crippen molar-refractivity contribution in [2.75, 3.05) is 12.0 Å². The van der Waals surface area contributed by atoms with Crippen LogP contribution in [0.1, 0.15) is 76.6 Å². The zero-order valence-electron chi connectivity index (χ0n) is 20.2. The second-order valence-electron chi connectivity index (χ2n) is 10.7. The van der Waals surface area contributed by atoms with E-state index >= 15 is 0 Å². The van der Waals surface area contributed by atoms with Crippen molar-refractivity contribution in [1.82, 2.24) is 4.90 Å². The summed E-state index contributed by atoms with van der Waals surface area (Å²) in [4.78, 5) is 55.1. The highest BCUT2D eigenvalue weighted by Gasteiger charge is 2.69. The molecule has 7 heteroatoms. The average Bonchev–Trinajstić information content (AvgIpc) is 3.02. The van der Waals surface area contributed by atoms with Gasteiger partial charge < -0.3 is 9.64 Å². The Morgan fingerprint density at radius 1 is 0.970 bits per heavy atom. The van der Waals surface area contributed by atoms with E-state index in [1.807, 2.05) is 0 Å². The number of ether oxygens (including phenoxy) is 1. The van der Waals surface area contributed by atoms with Crippen molar-refractivity contribution in [3.8, 4) is 0 Å². The number of methoxy groups -OCH3 is 1. The molecule has 4 rings (SSSR count). The average molecular weight is 455 g/mol. The summed E-state index contributed by atoms with van der Waals surface area (Å²) in [7, 11) is 1.30. The zero-order chi connectivity index (χ0) is 24.1. The fourth-order valence-electron chi connectivity index (χ4n) is 5.88. The number of benzene rings is 1. The SMILES string of the molecule is COC(=O)c1ccc(N2C(=O)CC(N(C(=O)C3C(C)(C)C3(C)C)C3CCCCC3)C2=O)cc1. The summed E-state index contributed by atoms with van der Waals surface area (Å²) in [6, 6.07) is 5.43. The first-order valence-corrected chi connectivity index (χ1v) is 11.9. The topological polar surface area (TPSA) is 84.0 Å². The number of anilines is 1. The van der Waals surface area contributed by atoms with E-state index in [2.05, 4.69) is 27.7 Å². The molecule has 1 aliphatic heterocycles. The number of imide groups is 1. The molecule has 7 nitrogen and oxygen atoms in total. The Hall–Kier alpha value is -2.70. The molecule has 1 aromatic rings. The predicted molar refractivity (Wildman–Crippen MR) is 123 cm³/mol. The number of carbonyl (C=O) groups is 4. The number of carbonyl (C=O) groups excluding carboxylic acids is 4. The Labute approximate surface area is 195 Å². The normalized spacial score (nSPS) is 24.6. The van der Waals surface area contributed by atoms with Crippen molar-refractivity contribution in [1.29, 1.82) is 0 Å². The van der Waals surface area contributed by atoms with Gasteiger partial charge in [0.05, 0.1) is 24.8 Å². The van der Waals surface area contributed by atoms with Crippen LogP contribution in [0.25, 0.3) is 0 Å². The number of esters is 1. The fraction of sp³-hybridized carbons (Fsp3) is 0.615. The summed E-state index contributed by atoms with van der Waals surface area (Å²) in [5, 5.41) is 0. The first-order chi connectivity index (χ1) is 15.5. The molecule has 1 aromatic carbocycles. The molecule has 0 bridgehead atoms. The Balaban J connectivity index is 1.63. The first kappa shape index (κ1) is 23.5. The standard InChI is InChI=1S/C26H34N2O5/c1-25(2)21(26(25,3)4)23(31)27(17-9-7-6-8-10-17)19-15-20(29)28(22(19)30)18-13-11-16(12-14-18)24(32)33-5/h11-14,17,19,21H,6-10,15H2,1-5H3. The highest BCUT2D eigenvalue weighted by Crippen LogP contribution is 2.69. The molecule has 2 aliphatic carbocycles. The van der Waals surface area contributed by atoms with Crippen molar-refractivity contribution < 1.29 is 23.9 Å². The number of rotatable bonds is 5. The molecule has 0 N–H and O–H groups in total. The third-order valence-electron chi connectivity index (χ3n) is 8.50. The molecular weight excluding hydrogens is 420 g/mol. The zero-order valence-corrected chi connectivity index (χ0v) is 20.2. The van der Waals surface area contributed by atoms with Crippen LogP contribution in [-0.4, -0.2) is 47.8 Å². The van der Waals surface area contributed by atoms with Gasteiger partial charge in [-0.3, -0.25) is 14.4 Å². The van der Waals surface area contributed by atoms with Crippen molar-refractivity contribution in [3.63, 3.8) is 0 Å². The maximum absolute atomic E-state index is 13.9. The molecule has 3 amide bonds. The lowest BCUT2D eigenvalue weighted by Gasteiger charge is -2.38. The van der Waals surface area contributed by atoms with Crippen molar-refractivity contribution in [3.05, 3.63) is 29.8 Å². The first-order valence-electron chi connectivity index (χ1n) is 11.9. The van der Waals surface area contributed by atoms with Crippen LogP contribution < -0.4 is 4.90 Å². The van der Waals surface area contributed by atoms with Gasteiger partial charge in [0.1, 0.15) is 6.04 Å². The molecule has 0 radical (unpaired) electrons. The second-order valence-corrected chi connectivity index (χ2v) is 10.7. The van der Waals surface area contributed by atoms with Gasteiger partial charge in [-0.2, -0.15) is 0 Å². The van der Waals surface area contributed by atoms with E-state index in [-0.39, 0.29) is 46.9 Å². The van der Waals surface area contributed by atoms with Crippen molar-refractivity contribution >= 4 is 29.4 Å². The Bertz CT molecular complexity index is 961. The van der Waals surface area contributed by atoms with Crippen molar-refractivity contribution in [2.45, 2.75) is 78.3 Å². The number of amides is 3. The molecule has 0 spiro atoms. The monoisotopic (exact) mass is 454 g/mol. The summed E-state index contributed by atoms with van der Waals surface area (Å²) >= 11 is 0. The molecule has 178 valence electrons. The summed E-state index contributed by atoms with van der Waals surface area (Å²) in [6.07, 6.45) is 4.91. The summed E-state index contributed by atoms with van der Waals surface area (Å²) in [6.45, 7) is 8.41. The smallest absolute Gasteiger partial charge is 0.337 e. The highest BCUT2D eigenvalue weighted by molar-refractivity contribution is 6.23.